The number of nitro benzene ring substituents is 1. The van der Waals surface area contributed by atoms with E-state index in [4.69, 9.17) is 0 Å². The Bertz CT molecular complexity index is 1240. The van der Waals surface area contributed by atoms with E-state index >= 15 is 0 Å². The predicted octanol–water partition coefficient (Wildman–Crippen LogP) is 4.51. The summed E-state index contributed by atoms with van der Waals surface area (Å²) >= 11 is 0. The second-order valence-corrected chi connectivity index (χ2v) is 9.42. The molecule has 0 spiro atoms. The molecule has 3 aromatic carbocycles. The summed E-state index contributed by atoms with van der Waals surface area (Å²) in [6, 6.07) is 19.6. The molecule has 0 radical (unpaired) electrons. The van der Waals surface area contributed by atoms with Crippen LogP contribution in [0.1, 0.15) is 36.1 Å². The van der Waals surface area contributed by atoms with Gasteiger partial charge in [-0.05, 0) is 49.1 Å². The third-order valence-corrected chi connectivity index (χ3v) is 6.77. The zero-order valence-electron chi connectivity index (χ0n) is 18.3. The van der Waals surface area contributed by atoms with E-state index < -0.39 is 14.9 Å². The number of aryl methyl sites for hydroxylation is 2. The van der Waals surface area contributed by atoms with Gasteiger partial charge in [0.1, 0.15) is 0 Å². The van der Waals surface area contributed by atoms with Gasteiger partial charge in [0, 0.05) is 24.6 Å². The Hall–Kier alpha value is -3.56. The van der Waals surface area contributed by atoms with Crippen LogP contribution >= 0.6 is 0 Å². The van der Waals surface area contributed by atoms with E-state index in [1.807, 2.05) is 30.3 Å². The van der Waals surface area contributed by atoms with Crippen molar-refractivity contribution in [2.24, 2.45) is 0 Å². The average Bonchev–Trinajstić information content (AvgIpc) is 2.79. The molecule has 0 aliphatic carbocycles. The number of nitrogens with one attached hydrogen (secondary N) is 2. The van der Waals surface area contributed by atoms with Crippen molar-refractivity contribution in [2.45, 2.75) is 37.6 Å². The van der Waals surface area contributed by atoms with Gasteiger partial charge in [-0.1, -0.05) is 48.5 Å². The van der Waals surface area contributed by atoms with Crippen LogP contribution in [0.25, 0.3) is 0 Å². The first-order chi connectivity index (χ1) is 15.7. The SMILES string of the molecule is Cc1ccc([N+](=O)[O-])cc1NC(=O)CCc1ccc(S(=O)(=O)NC(C)c2ccccc2)cc1. The van der Waals surface area contributed by atoms with Crippen molar-refractivity contribution in [3.8, 4) is 0 Å². The van der Waals surface area contributed by atoms with Crippen molar-refractivity contribution in [1.29, 1.82) is 0 Å². The molecule has 2 N–H and O–H groups in total. The topological polar surface area (TPSA) is 118 Å². The highest BCUT2D eigenvalue weighted by atomic mass is 32.2. The van der Waals surface area contributed by atoms with Crippen molar-refractivity contribution >= 4 is 27.3 Å². The molecule has 0 aliphatic heterocycles. The standard InChI is InChI=1S/C24H25N3O5S/c1-17-8-12-21(27(29)30)16-23(17)25-24(28)15-11-19-9-13-22(14-10-19)33(31,32)26-18(2)20-6-4-3-5-7-20/h3-10,12-14,16,18,26H,11,15H2,1-2H3,(H,25,28). The fraction of sp³-hybridized carbons (Fsp3) is 0.208. The van der Waals surface area contributed by atoms with Crippen molar-refractivity contribution in [2.75, 3.05) is 5.32 Å². The van der Waals surface area contributed by atoms with E-state index in [1.54, 1.807) is 32.0 Å². The normalized spacial score (nSPS) is 12.2. The molecule has 3 rings (SSSR count). The number of benzene rings is 3. The number of carbonyl (C=O) groups excluding carboxylic acids is 1. The van der Waals surface area contributed by atoms with Gasteiger partial charge in [0.05, 0.1) is 15.5 Å². The Labute approximate surface area is 192 Å². The van der Waals surface area contributed by atoms with Crippen LogP contribution in [-0.2, 0) is 21.2 Å². The lowest BCUT2D eigenvalue weighted by Crippen LogP contribution is -2.26. The number of rotatable bonds is 9. The number of nitrogens with zero attached hydrogens (tertiary/aromatic N) is 1. The largest absolute Gasteiger partial charge is 0.326 e. The Kier molecular flexibility index (Phi) is 7.57. The van der Waals surface area contributed by atoms with E-state index in [-0.39, 0.29) is 29.0 Å². The van der Waals surface area contributed by atoms with Crippen LogP contribution in [-0.4, -0.2) is 19.2 Å². The van der Waals surface area contributed by atoms with Crippen LogP contribution in [0.2, 0.25) is 0 Å². The molecule has 1 atom stereocenters. The highest BCUT2D eigenvalue weighted by molar-refractivity contribution is 7.89. The number of carbonyl (C=O) groups is 1. The fourth-order valence-corrected chi connectivity index (χ4v) is 4.51. The minimum atomic E-state index is -3.70. The van der Waals surface area contributed by atoms with Gasteiger partial charge in [0.15, 0.2) is 0 Å². The summed E-state index contributed by atoms with van der Waals surface area (Å²) in [5.41, 5.74) is 2.69. The first-order valence-corrected chi connectivity index (χ1v) is 11.8. The van der Waals surface area contributed by atoms with Crippen molar-refractivity contribution in [3.05, 3.63) is 99.6 Å². The molecule has 0 saturated carbocycles. The number of anilines is 1. The van der Waals surface area contributed by atoms with E-state index in [1.165, 1.54) is 24.3 Å². The summed E-state index contributed by atoms with van der Waals surface area (Å²) in [5, 5.41) is 13.6. The molecule has 1 amide bonds. The zero-order valence-corrected chi connectivity index (χ0v) is 19.1. The number of hydrogen-bond donors (Lipinski definition) is 2. The maximum absolute atomic E-state index is 12.7. The summed E-state index contributed by atoms with van der Waals surface area (Å²) in [6.07, 6.45) is 0.547. The van der Waals surface area contributed by atoms with E-state index in [9.17, 15) is 23.3 Å². The summed E-state index contributed by atoms with van der Waals surface area (Å²) < 4.78 is 28.0. The quantitative estimate of drug-likeness (QED) is 0.354. The molecule has 0 aliphatic rings. The number of sulfonamides is 1. The molecular weight excluding hydrogens is 442 g/mol. The summed E-state index contributed by atoms with van der Waals surface area (Å²) in [7, 11) is -3.70. The Balaban J connectivity index is 1.59. The lowest BCUT2D eigenvalue weighted by atomic mass is 10.1. The van der Waals surface area contributed by atoms with Gasteiger partial charge in [-0.3, -0.25) is 14.9 Å². The number of non-ortho nitro benzene ring substituents is 1. The summed E-state index contributed by atoms with van der Waals surface area (Å²) in [4.78, 5) is 22.9. The molecule has 172 valence electrons. The van der Waals surface area contributed by atoms with Gasteiger partial charge in [-0.15, -0.1) is 0 Å². The average molecular weight is 468 g/mol. The van der Waals surface area contributed by atoms with Gasteiger partial charge in [-0.2, -0.15) is 0 Å². The third kappa shape index (κ3) is 6.47. The first-order valence-electron chi connectivity index (χ1n) is 10.4. The molecule has 0 heterocycles. The molecule has 0 bridgehead atoms. The first kappa shape index (κ1) is 24.1. The van der Waals surface area contributed by atoms with Crippen LogP contribution in [0.5, 0.6) is 0 Å². The van der Waals surface area contributed by atoms with Gasteiger partial charge in [-0.25, -0.2) is 13.1 Å². The van der Waals surface area contributed by atoms with Gasteiger partial charge in [0.2, 0.25) is 15.9 Å². The molecule has 0 aromatic heterocycles. The maximum atomic E-state index is 12.7. The highest BCUT2D eigenvalue weighted by Crippen LogP contribution is 2.22. The van der Waals surface area contributed by atoms with Gasteiger partial charge in [0.25, 0.3) is 5.69 Å². The zero-order chi connectivity index (χ0) is 24.0. The monoisotopic (exact) mass is 467 g/mol. The van der Waals surface area contributed by atoms with E-state index in [0.717, 1.165) is 16.7 Å². The molecule has 33 heavy (non-hydrogen) atoms. The molecule has 0 saturated heterocycles. The number of amides is 1. The van der Waals surface area contributed by atoms with Crippen LogP contribution in [0, 0.1) is 17.0 Å². The Morgan fingerprint density at radius 2 is 1.70 bits per heavy atom. The predicted molar refractivity (Wildman–Crippen MR) is 126 cm³/mol. The molecule has 0 fully saturated rings. The van der Waals surface area contributed by atoms with Crippen LogP contribution in [0.3, 0.4) is 0 Å². The van der Waals surface area contributed by atoms with Gasteiger partial charge >= 0.3 is 0 Å². The summed E-state index contributed by atoms with van der Waals surface area (Å²) in [6.45, 7) is 3.54. The Morgan fingerprint density at radius 1 is 1.03 bits per heavy atom. The lowest BCUT2D eigenvalue weighted by molar-refractivity contribution is -0.384. The maximum Gasteiger partial charge on any atom is 0.271 e. The minimum absolute atomic E-state index is 0.0945. The fourth-order valence-electron chi connectivity index (χ4n) is 3.27. The van der Waals surface area contributed by atoms with Crippen LogP contribution in [0.4, 0.5) is 11.4 Å². The van der Waals surface area contributed by atoms with E-state index in [2.05, 4.69) is 10.0 Å². The molecule has 3 aromatic rings. The second kappa shape index (κ2) is 10.4. The van der Waals surface area contributed by atoms with Crippen molar-refractivity contribution in [3.63, 3.8) is 0 Å². The molecule has 9 heteroatoms. The smallest absolute Gasteiger partial charge is 0.271 e. The van der Waals surface area contributed by atoms with E-state index in [0.29, 0.717) is 12.1 Å². The van der Waals surface area contributed by atoms with Crippen molar-refractivity contribution in [1.82, 2.24) is 4.72 Å². The molecule has 8 nitrogen and oxygen atoms in total. The lowest BCUT2D eigenvalue weighted by Gasteiger charge is -2.15. The molecular formula is C24H25N3O5S. The van der Waals surface area contributed by atoms with Gasteiger partial charge < -0.3 is 5.32 Å². The number of nitro groups is 1. The minimum Gasteiger partial charge on any atom is -0.326 e. The molecule has 1 unspecified atom stereocenters. The highest BCUT2D eigenvalue weighted by Gasteiger charge is 2.18. The number of hydrogen-bond acceptors (Lipinski definition) is 5. The van der Waals surface area contributed by atoms with Crippen LogP contribution in [0.15, 0.2) is 77.7 Å². The third-order valence-electron chi connectivity index (χ3n) is 5.21. The second-order valence-electron chi connectivity index (χ2n) is 7.70. The van der Waals surface area contributed by atoms with Crippen molar-refractivity contribution < 1.29 is 18.1 Å². The Morgan fingerprint density at radius 3 is 2.33 bits per heavy atom. The summed E-state index contributed by atoms with van der Waals surface area (Å²) in [5.74, 6) is -0.284. The van der Waals surface area contributed by atoms with Crippen LogP contribution < -0.4 is 10.0 Å².